The highest BCUT2D eigenvalue weighted by Gasteiger charge is 1.80. The van der Waals surface area contributed by atoms with Crippen molar-refractivity contribution in [2.45, 2.75) is 0 Å². The molecule has 0 aliphatic heterocycles. The van der Waals surface area contributed by atoms with Gasteiger partial charge in [0, 0.05) is 0 Å². The second-order valence-corrected chi connectivity index (χ2v) is 1.47. The van der Waals surface area contributed by atoms with Crippen LogP contribution in [-0.4, -0.2) is 15.0 Å². The van der Waals surface area contributed by atoms with Crippen LogP contribution in [0.2, 0.25) is 0 Å². The quantitative estimate of drug-likeness (QED) is 0.189. The molecule has 0 aliphatic carbocycles. The van der Waals surface area contributed by atoms with Gasteiger partial charge in [0.05, 0.1) is 0 Å². The van der Waals surface area contributed by atoms with Gasteiger partial charge in [-0.1, -0.05) is 6.08 Å². The van der Waals surface area contributed by atoms with Crippen LogP contribution in [0.1, 0.15) is 0 Å². The lowest BCUT2D eigenvalue weighted by Crippen LogP contribution is -1.90. The van der Waals surface area contributed by atoms with Gasteiger partial charge in [-0.2, -0.15) is 0 Å². The Kier molecular flexibility index (Phi) is 4.53. The Bertz CT molecular complexity index is 119. The van der Waals surface area contributed by atoms with Crippen molar-refractivity contribution in [1.82, 2.24) is 0 Å². The van der Waals surface area contributed by atoms with Gasteiger partial charge in [-0.3, -0.25) is 0 Å². The molecule has 0 saturated carbocycles. The Morgan fingerprint density at radius 2 is 2.25 bits per heavy atom. The van der Waals surface area contributed by atoms with Gasteiger partial charge in [-0.25, -0.2) is 13.3 Å². The van der Waals surface area contributed by atoms with Crippen molar-refractivity contribution >= 4 is 11.0 Å². The van der Waals surface area contributed by atoms with Crippen LogP contribution < -0.4 is 0 Å². The number of hydrogen-bond acceptors (Lipinski definition) is 4. The smallest absolute Gasteiger partial charge is 0.216 e. The lowest BCUT2D eigenvalue weighted by atomic mass is 10.7. The zero-order chi connectivity index (χ0) is 6.41. The second-order valence-electron chi connectivity index (χ2n) is 0.871. The van der Waals surface area contributed by atoms with Crippen LogP contribution in [0.15, 0.2) is 12.7 Å². The summed E-state index contributed by atoms with van der Waals surface area (Å²) in [4.78, 5) is 4.03. The Hall–Kier alpha value is -0.390. The van der Waals surface area contributed by atoms with Crippen LogP contribution >= 0.6 is 0 Å². The Balaban J connectivity index is 3.05. The van der Waals surface area contributed by atoms with E-state index in [9.17, 15) is 8.42 Å². The zero-order valence-corrected chi connectivity index (χ0v) is 4.97. The van der Waals surface area contributed by atoms with Gasteiger partial charge >= 0.3 is 0 Å². The highest BCUT2D eigenvalue weighted by atomic mass is 32.2. The molecule has 5 heteroatoms. The lowest BCUT2D eigenvalue weighted by Gasteiger charge is -1.87. The molecule has 0 fully saturated rings. The molecule has 0 aliphatic rings. The van der Waals surface area contributed by atoms with Crippen LogP contribution in [0.3, 0.4) is 0 Å². The second kappa shape index (κ2) is 4.76. The Morgan fingerprint density at radius 1 is 1.62 bits per heavy atom. The van der Waals surface area contributed by atoms with Gasteiger partial charge in [0.1, 0.15) is 6.61 Å². The van der Waals surface area contributed by atoms with E-state index < -0.39 is 11.0 Å². The average Bonchev–Trinajstić information content (AvgIpc) is 1.66. The minimum Gasteiger partial charge on any atom is -0.216 e. The molecule has 0 atom stereocenters. The molecular formula is C3H6O4S. The molecular weight excluding hydrogens is 132 g/mol. The standard InChI is InChI=1S/C3H6O4S/c1-2-3-6-7-8(4)5/h2,8H,1,3H2. The summed E-state index contributed by atoms with van der Waals surface area (Å²) in [5.74, 6) is 0. The third-order valence-corrected chi connectivity index (χ3v) is 0.527. The summed E-state index contributed by atoms with van der Waals surface area (Å²) in [5.41, 5.74) is 0. The van der Waals surface area contributed by atoms with E-state index in [1.54, 1.807) is 0 Å². The predicted octanol–water partition coefficient (Wildman–Crippen LogP) is -0.353. The molecule has 0 bridgehead atoms. The average molecular weight is 138 g/mol. The van der Waals surface area contributed by atoms with Crippen molar-refractivity contribution in [3.05, 3.63) is 12.7 Å². The molecule has 0 spiro atoms. The van der Waals surface area contributed by atoms with Crippen LogP contribution in [0.25, 0.3) is 0 Å². The molecule has 0 aromatic rings. The highest BCUT2D eigenvalue weighted by Crippen LogP contribution is 1.75. The van der Waals surface area contributed by atoms with E-state index in [4.69, 9.17) is 0 Å². The summed E-state index contributed by atoms with van der Waals surface area (Å²) in [6, 6.07) is 0. The summed E-state index contributed by atoms with van der Waals surface area (Å²) in [6.07, 6.45) is 1.37. The van der Waals surface area contributed by atoms with Crippen molar-refractivity contribution in [1.29, 1.82) is 0 Å². The maximum absolute atomic E-state index is 9.53. The summed E-state index contributed by atoms with van der Waals surface area (Å²) in [5, 5.41) is 0. The van der Waals surface area contributed by atoms with Gasteiger partial charge in [0.15, 0.2) is 0 Å². The van der Waals surface area contributed by atoms with Gasteiger partial charge < -0.3 is 0 Å². The van der Waals surface area contributed by atoms with Crippen molar-refractivity contribution in [2.24, 2.45) is 0 Å². The van der Waals surface area contributed by atoms with Gasteiger partial charge in [0.25, 0.3) is 11.0 Å². The SMILES string of the molecule is C=CCOO[SH](=O)=O. The third-order valence-electron chi connectivity index (χ3n) is 0.299. The number of hydrogen-bond donors (Lipinski definition) is 1. The molecule has 0 aromatic carbocycles. The van der Waals surface area contributed by atoms with Crippen LogP contribution in [0, 0.1) is 0 Å². The van der Waals surface area contributed by atoms with Gasteiger partial charge in [0.2, 0.25) is 0 Å². The minimum absolute atomic E-state index is 0.0727. The van der Waals surface area contributed by atoms with E-state index in [1.165, 1.54) is 6.08 Å². The molecule has 0 amide bonds. The molecule has 4 nitrogen and oxygen atoms in total. The first-order valence-electron chi connectivity index (χ1n) is 1.82. The van der Waals surface area contributed by atoms with E-state index >= 15 is 0 Å². The maximum atomic E-state index is 9.53. The third kappa shape index (κ3) is 5.61. The summed E-state index contributed by atoms with van der Waals surface area (Å²) >= 11 is 0. The molecule has 0 aromatic heterocycles. The van der Waals surface area contributed by atoms with Crippen molar-refractivity contribution in [2.75, 3.05) is 6.61 Å². The highest BCUT2D eigenvalue weighted by molar-refractivity contribution is 7.67. The molecule has 0 N–H and O–H groups in total. The first kappa shape index (κ1) is 7.61. The number of thiol groups is 1. The fourth-order valence-electron chi connectivity index (χ4n) is 0.122. The maximum Gasteiger partial charge on any atom is 0.283 e. The fourth-order valence-corrected chi connectivity index (χ4v) is 0.268. The summed E-state index contributed by atoms with van der Waals surface area (Å²) < 4.78 is 22.7. The zero-order valence-electron chi connectivity index (χ0n) is 4.07. The van der Waals surface area contributed by atoms with Crippen molar-refractivity contribution < 1.29 is 17.6 Å². The molecule has 0 rings (SSSR count). The van der Waals surface area contributed by atoms with Crippen LogP contribution in [0.4, 0.5) is 0 Å². The summed E-state index contributed by atoms with van der Waals surface area (Å²) in [6.45, 7) is 3.33. The van der Waals surface area contributed by atoms with Crippen molar-refractivity contribution in [3.8, 4) is 0 Å². The fraction of sp³-hybridized carbons (Fsp3) is 0.333. The predicted molar refractivity (Wildman–Crippen MR) is 27.5 cm³/mol. The van der Waals surface area contributed by atoms with E-state index in [-0.39, 0.29) is 6.61 Å². The molecule has 0 heterocycles. The van der Waals surface area contributed by atoms with Gasteiger partial charge in [-0.05, 0) is 0 Å². The normalized spacial score (nSPS) is 9.62. The van der Waals surface area contributed by atoms with E-state index in [0.717, 1.165) is 0 Å². The van der Waals surface area contributed by atoms with E-state index in [0.29, 0.717) is 0 Å². The summed E-state index contributed by atoms with van der Waals surface area (Å²) in [7, 11) is -2.88. The molecule has 8 heavy (non-hydrogen) atoms. The lowest BCUT2D eigenvalue weighted by molar-refractivity contribution is -0.186. The first-order valence-corrected chi connectivity index (χ1v) is 2.92. The van der Waals surface area contributed by atoms with Crippen LogP contribution in [-0.2, 0) is 20.2 Å². The molecule has 48 valence electrons. The monoisotopic (exact) mass is 138 g/mol. The largest absolute Gasteiger partial charge is 0.283 e. The van der Waals surface area contributed by atoms with Crippen molar-refractivity contribution in [3.63, 3.8) is 0 Å². The molecule has 0 unspecified atom stereocenters. The Labute approximate surface area is 48.8 Å². The van der Waals surface area contributed by atoms with E-state index in [2.05, 4.69) is 15.8 Å². The van der Waals surface area contributed by atoms with Crippen LogP contribution in [0.5, 0.6) is 0 Å². The molecule has 0 radical (unpaired) electrons. The Morgan fingerprint density at radius 3 is 2.62 bits per heavy atom. The molecule has 0 saturated heterocycles. The van der Waals surface area contributed by atoms with Gasteiger partial charge in [-0.15, -0.1) is 10.9 Å². The first-order chi connectivity index (χ1) is 3.77. The van der Waals surface area contributed by atoms with E-state index in [1.807, 2.05) is 0 Å². The topological polar surface area (TPSA) is 52.6 Å². The minimum atomic E-state index is -2.88. The number of rotatable bonds is 4.